The highest BCUT2D eigenvalue weighted by Crippen LogP contribution is 2.69. The molecule has 0 amide bonds. The fourth-order valence-electron chi connectivity index (χ4n) is 8.27. The fraction of sp³-hybridized carbons (Fsp3) is 0.769. The minimum absolute atomic E-state index is 0.0133. The van der Waals surface area contributed by atoms with Crippen molar-refractivity contribution in [1.29, 1.82) is 0 Å². The van der Waals surface area contributed by atoms with Gasteiger partial charge in [-0.15, -0.1) is 0 Å². The van der Waals surface area contributed by atoms with E-state index in [4.69, 9.17) is 13.7 Å². The molecule has 0 spiro atoms. The Morgan fingerprint density at radius 1 is 1.31 bits per heavy atom. The van der Waals surface area contributed by atoms with Gasteiger partial charge < -0.3 is 14.6 Å². The quantitative estimate of drug-likeness (QED) is 0.545. The Kier molecular flexibility index (Phi) is 6.00. The number of Topliss-reactive ketones (excluding diaryl/α,β-unsaturated/α-hetero) is 1. The molecule has 4 fully saturated rings. The summed E-state index contributed by atoms with van der Waals surface area (Å²) < 4.78 is 41.1. The van der Waals surface area contributed by atoms with E-state index in [9.17, 15) is 23.1 Å². The lowest BCUT2D eigenvalue weighted by molar-refractivity contribution is -0.200. The number of allylic oxidation sites excluding steroid dienone is 4. The molecule has 5 unspecified atom stereocenters. The molecule has 1 N–H and O–H groups in total. The molecule has 194 valence electrons. The summed E-state index contributed by atoms with van der Waals surface area (Å²) >= 11 is 0. The van der Waals surface area contributed by atoms with Crippen molar-refractivity contribution >= 4 is 21.7 Å². The Labute approximate surface area is 207 Å². The van der Waals surface area contributed by atoms with Crippen LogP contribution in [0.25, 0.3) is 0 Å². The topological polar surface area (TPSA) is 116 Å². The first-order chi connectivity index (χ1) is 16.4. The Bertz CT molecular complexity index is 1090. The molecular formula is C26H36O8S. The molecule has 35 heavy (non-hydrogen) atoms. The second-order valence-corrected chi connectivity index (χ2v) is 13.2. The smallest absolute Gasteiger partial charge is 0.264 e. The number of carbonyl (C=O) groups excluding carboxylic acids is 2. The molecule has 1 saturated heterocycles. The van der Waals surface area contributed by atoms with Gasteiger partial charge in [-0.1, -0.05) is 38.8 Å². The van der Waals surface area contributed by atoms with Crippen molar-refractivity contribution in [2.45, 2.75) is 83.4 Å². The van der Waals surface area contributed by atoms with Crippen LogP contribution in [0.3, 0.4) is 0 Å². The summed E-state index contributed by atoms with van der Waals surface area (Å²) in [5, 5.41) is 11.7. The van der Waals surface area contributed by atoms with E-state index in [1.807, 2.05) is 19.9 Å². The number of carbonyl (C=O) groups is 2. The zero-order chi connectivity index (χ0) is 25.4. The number of hydrogen-bond donors (Lipinski definition) is 1. The summed E-state index contributed by atoms with van der Waals surface area (Å²) in [5.74, 6) is -0.398. The first-order valence-electron chi connectivity index (χ1n) is 12.7. The van der Waals surface area contributed by atoms with Crippen LogP contribution in [0.15, 0.2) is 23.8 Å². The highest BCUT2D eigenvalue weighted by atomic mass is 32.2. The largest absolute Gasteiger partial charge is 0.393 e. The van der Waals surface area contributed by atoms with Gasteiger partial charge in [0, 0.05) is 16.7 Å². The average molecular weight is 509 g/mol. The Balaban J connectivity index is 1.53. The van der Waals surface area contributed by atoms with Crippen molar-refractivity contribution < 1.29 is 36.8 Å². The van der Waals surface area contributed by atoms with E-state index in [1.54, 1.807) is 12.2 Å². The van der Waals surface area contributed by atoms with Crippen molar-refractivity contribution in [2.75, 3.05) is 12.9 Å². The van der Waals surface area contributed by atoms with Crippen LogP contribution in [-0.4, -0.2) is 62.1 Å². The van der Waals surface area contributed by atoms with Crippen molar-refractivity contribution in [3.63, 3.8) is 0 Å². The Morgan fingerprint density at radius 2 is 2.06 bits per heavy atom. The number of aliphatic hydroxyl groups is 1. The molecule has 1 heterocycles. The van der Waals surface area contributed by atoms with E-state index in [-0.39, 0.29) is 23.5 Å². The zero-order valence-electron chi connectivity index (χ0n) is 20.9. The predicted octanol–water partition coefficient (Wildman–Crippen LogP) is 2.70. The van der Waals surface area contributed by atoms with Crippen molar-refractivity contribution in [1.82, 2.24) is 0 Å². The maximum atomic E-state index is 13.8. The van der Waals surface area contributed by atoms with Gasteiger partial charge in [0.1, 0.15) is 6.61 Å². The highest BCUT2D eigenvalue weighted by molar-refractivity contribution is 7.86. The van der Waals surface area contributed by atoms with Gasteiger partial charge in [0.25, 0.3) is 10.1 Å². The summed E-state index contributed by atoms with van der Waals surface area (Å²) in [6.07, 6.45) is 8.33. The molecule has 4 aliphatic carbocycles. The van der Waals surface area contributed by atoms with E-state index in [0.717, 1.165) is 31.1 Å². The molecule has 0 radical (unpaired) electrons. The number of rotatable bonds is 6. The van der Waals surface area contributed by atoms with E-state index < -0.39 is 57.4 Å². The molecule has 3 saturated carbocycles. The average Bonchev–Trinajstić information content (AvgIpc) is 3.24. The van der Waals surface area contributed by atoms with E-state index >= 15 is 0 Å². The molecule has 0 bridgehead atoms. The van der Waals surface area contributed by atoms with Crippen LogP contribution in [0, 0.1) is 28.6 Å². The van der Waals surface area contributed by atoms with Crippen molar-refractivity contribution in [2.24, 2.45) is 28.6 Å². The highest BCUT2D eigenvalue weighted by Gasteiger charge is 2.75. The molecule has 0 aromatic heterocycles. The first kappa shape index (κ1) is 25.3. The third kappa shape index (κ3) is 3.64. The maximum absolute atomic E-state index is 13.8. The van der Waals surface area contributed by atoms with Crippen LogP contribution in [-0.2, 0) is 33.4 Å². The normalized spacial score (nSPS) is 46.4. The van der Waals surface area contributed by atoms with Gasteiger partial charge in [-0.3, -0.25) is 13.8 Å². The van der Waals surface area contributed by atoms with E-state index in [0.29, 0.717) is 19.3 Å². The van der Waals surface area contributed by atoms with Gasteiger partial charge >= 0.3 is 0 Å². The van der Waals surface area contributed by atoms with Gasteiger partial charge in [0.05, 0.1) is 18.5 Å². The van der Waals surface area contributed by atoms with Gasteiger partial charge in [0.15, 0.2) is 23.5 Å². The second-order valence-electron chi connectivity index (χ2n) is 11.5. The van der Waals surface area contributed by atoms with Crippen LogP contribution >= 0.6 is 0 Å². The molecule has 0 aromatic rings. The molecule has 9 atom stereocenters. The number of ether oxygens (including phenoxy) is 2. The summed E-state index contributed by atoms with van der Waals surface area (Å²) in [6.45, 7) is 5.50. The lowest BCUT2D eigenvalue weighted by atomic mass is 9.46. The standard InChI is InChI=1S/C26H36O8S/c1-5-6-22-33-21-12-18-17-8-7-15-11-16(27)9-10-24(15,2)23(17)19(28)13-25(18,3)26(21,34-22)20(29)14-32-35(4,30)31/h9-11,17-19,21-23,28H,5-8,12-14H2,1-4H3/t17?,18?,19?,21-,22?,23?,24+,25+,26-/m1/s1. The molecule has 5 rings (SSSR count). The molecule has 1 aliphatic heterocycles. The number of ketones is 2. The van der Waals surface area contributed by atoms with Gasteiger partial charge in [-0.2, -0.15) is 8.42 Å². The fourth-order valence-corrected chi connectivity index (χ4v) is 8.59. The predicted molar refractivity (Wildman–Crippen MR) is 127 cm³/mol. The van der Waals surface area contributed by atoms with E-state index in [2.05, 4.69) is 6.92 Å². The Morgan fingerprint density at radius 3 is 2.74 bits per heavy atom. The van der Waals surface area contributed by atoms with Crippen LogP contribution in [0.4, 0.5) is 0 Å². The van der Waals surface area contributed by atoms with Crippen molar-refractivity contribution in [3.05, 3.63) is 23.8 Å². The zero-order valence-corrected chi connectivity index (χ0v) is 21.7. The summed E-state index contributed by atoms with van der Waals surface area (Å²) in [6, 6.07) is 0. The van der Waals surface area contributed by atoms with Crippen LogP contribution in [0.1, 0.15) is 59.3 Å². The van der Waals surface area contributed by atoms with E-state index in [1.165, 1.54) is 0 Å². The SMILES string of the molecule is CCCC1O[C@@H]2CC3C4CCC5=CC(=O)C=C[C@]5(C)C4C(O)C[C@]3(C)[C@]2(C(=O)COS(C)(=O)=O)O1. The Hall–Kier alpha value is -1.39. The third-order valence-corrected chi connectivity index (χ3v) is 10.2. The first-order valence-corrected chi connectivity index (χ1v) is 14.5. The number of fused-ring (bicyclic) bond motifs is 7. The third-order valence-electron chi connectivity index (χ3n) is 9.63. The van der Waals surface area contributed by atoms with Crippen LogP contribution in [0.2, 0.25) is 0 Å². The number of hydrogen-bond acceptors (Lipinski definition) is 8. The van der Waals surface area contributed by atoms with Gasteiger partial charge in [0.2, 0.25) is 0 Å². The van der Waals surface area contributed by atoms with Crippen LogP contribution in [0.5, 0.6) is 0 Å². The minimum atomic E-state index is -3.82. The maximum Gasteiger partial charge on any atom is 0.264 e. The monoisotopic (exact) mass is 508 g/mol. The summed E-state index contributed by atoms with van der Waals surface area (Å²) in [7, 11) is -3.82. The lowest BCUT2D eigenvalue weighted by Crippen LogP contribution is -2.63. The molecule has 5 aliphatic rings. The molecular weight excluding hydrogens is 472 g/mol. The number of aliphatic hydroxyl groups excluding tert-OH is 1. The lowest BCUT2D eigenvalue weighted by Gasteiger charge is -2.59. The molecule has 8 nitrogen and oxygen atoms in total. The molecule has 0 aromatic carbocycles. The van der Waals surface area contributed by atoms with Gasteiger partial charge in [-0.25, -0.2) is 0 Å². The summed E-state index contributed by atoms with van der Waals surface area (Å²) in [5.41, 5.74) is -1.47. The second kappa shape index (κ2) is 8.31. The van der Waals surface area contributed by atoms with Gasteiger partial charge in [-0.05, 0) is 56.1 Å². The minimum Gasteiger partial charge on any atom is -0.393 e. The van der Waals surface area contributed by atoms with Crippen molar-refractivity contribution in [3.8, 4) is 0 Å². The summed E-state index contributed by atoms with van der Waals surface area (Å²) in [4.78, 5) is 25.8. The van der Waals surface area contributed by atoms with Crippen LogP contribution < -0.4 is 0 Å². The molecule has 9 heteroatoms.